The van der Waals surface area contributed by atoms with E-state index in [9.17, 15) is 9.59 Å². The highest BCUT2D eigenvalue weighted by Crippen LogP contribution is 2.06. The van der Waals surface area contributed by atoms with Crippen molar-refractivity contribution in [1.82, 2.24) is 16.0 Å². The zero-order valence-electron chi connectivity index (χ0n) is 11.7. The number of nitrogens with one attached hydrogen (secondary N) is 3. The van der Waals surface area contributed by atoms with Gasteiger partial charge in [-0.15, -0.1) is 0 Å². The van der Waals surface area contributed by atoms with E-state index in [1.807, 2.05) is 27.7 Å². The van der Waals surface area contributed by atoms with Crippen LogP contribution in [0.15, 0.2) is 0 Å². The van der Waals surface area contributed by atoms with Crippen LogP contribution >= 0.6 is 0 Å². The second kappa shape index (κ2) is 6.47. The lowest BCUT2D eigenvalue weighted by Gasteiger charge is -2.28. The Hall–Kier alpha value is -1.26. The van der Waals surface area contributed by atoms with E-state index < -0.39 is 5.54 Å². The molecule has 3 amide bonds. The lowest BCUT2D eigenvalue weighted by molar-refractivity contribution is -0.127. The smallest absolute Gasteiger partial charge is 0.315 e. The summed E-state index contributed by atoms with van der Waals surface area (Å²) in [6, 6.07) is -0.248. The van der Waals surface area contributed by atoms with E-state index in [-0.39, 0.29) is 18.0 Å². The Labute approximate surface area is 104 Å². The SMILES string of the molecule is CCNC(=O)NC(C)(C)C(=O)NC(C)C(C)C. The highest BCUT2D eigenvalue weighted by Gasteiger charge is 2.30. The third kappa shape index (κ3) is 5.56. The summed E-state index contributed by atoms with van der Waals surface area (Å²) in [5.74, 6) is 0.184. The van der Waals surface area contributed by atoms with Gasteiger partial charge in [0, 0.05) is 12.6 Å². The fourth-order valence-corrected chi connectivity index (χ4v) is 1.10. The molecule has 0 fully saturated rings. The van der Waals surface area contributed by atoms with E-state index in [0.29, 0.717) is 12.5 Å². The Kier molecular flexibility index (Phi) is 5.99. The number of hydrogen-bond acceptors (Lipinski definition) is 2. The highest BCUT2D eigenvalue weighted by molar-refractivity contribution is 5.90. The zero-order chi connectivity index (χ0) is 13.6. The van der Waals surface area contributed by atoms with Crippen molar-refractivity contribution in [2.75, 3.05) is 6.54 Å². The summed E-state index contributed by atoms with van der Waals surface area (Å²) in [7, 11) is 0. The molecule has 0 saturated heterocycles. The minimum atomic E-state index is -0.914. The van der Waals surface area contributed by atoms with Crippen LogP contribution in [-0.2, 0) is 4.79 Å². The van der Waals surface area contributed by atoms with Gasteiger partial charge in [-0.25, -0.2) is 4.79 Å². The van der Waals surface area contributed by atoms with Crippen molar-refractivity contribution in [2.24, 2.45) is 5.92 Å². The molecule has 0 spiro atoms. The fraction of sp³-hybridized carbons (Fsp3) is 0.833. The molecule has 0 aliphatic carbocycles. The maximum atomic E-state index is 12.0. The molecule has 0 aromatic heterocycles. The summed E-state index contributed by atoms with van der Waals surface area (Å²) in [5, 5.41) is 8.13. The van der Waals surface area contributed by atoms with Crippen molar-refractivity contribution in [3.8, 4) is 0 Å². The van der Waals surface area contributed by atoms with Crippen LogP contribution in [0.25, 0.3) is 0 Å². The molecule has 3 N–H and O–H groups in total. The maximum Gasteiger partial charge on any atom is 0.315 e. The van der Waals surface area contributed by atoms with Crippen molar-refractivity contribution < 1.29 is 9.59 Å². The first-order valence-corrected chi connectivity index (χ1v) is 6.07. The van der Waals surface area contributed by atoms with Crippen LogP contribution in [-0.4, -0.2) is 30.1 Å². The summed E-state index contributed by atoms with van der Waals surface area (Å²) in [4.78, 5) is 23.3. The van der Waals surface area contributed by atoms with Crippen molar-refractivity contribution in [1.29, 1.82) is 0 Å². The van der Waals surface area contributed by atoms with Crippen LogP contribution in [0, 0.1) is 5.92 Å². The van der Waals surface area contributed by atoms with Crippen LogP contribution < -0.4 is 16.0 Å². The first-order valence-electron chi connectivity index (χ1n) is 6.07. The second-order valence-electron chi connectivity index (χ2n) is 5.12. The van der Waals surface area contributed by atoms with Crippen molar-refractivity contribution in [3.63, 3.8) is 0 Å². The maximum absolute atomic E-state index is 12.0. The van der Waals surface area contributed by atoms with E-state index >= 15 is 0 Å². The van der Waals surface area contributed by atoms with Crippen molar-refractivity contribution >= 4 is 11.9 Å². The van der Waals surface area contributed by atoms with Gasteiger partial charge in [0.1, 0.15) is 5.54 Å². The first kappa shape index (κ1) is 15.7. The van der Waals surface area contributed by atoms with E-state index in [1.54, 1.807) is 13.8 Å². The van der Waals surface area contributed by atoms with Gasteiger partial charge in [-0.1, -0.05) is 13.8 Å². The third-order valence-corrected chi connectivity index (χ3v) is 2.69. The molecule has 0 rings (SSSR count). The van der Waals surface area contributed by atoms with Crippen LogP contribution in [0.1, 0.15) is 41.5 Å². The molecule has 17 heavy (non-hydrogen) atoms. The fourth-order valence-electron chi connectivity index (χ4n) is 1.10. The molecule has 0 heterocycles. The molecule has 0 aromatic rings. The Morgan fingerprint density at radius 3 is 2.12 bits per heavy atom. The molecule has 0 aliphatic rings. The Balaban J connectivity index is 4.39. The Bertz CT molecular complexity index is 275. The average Bonchev–Trinajstić information content (AvgIpc) is 2.16. The summed E-state index contributed by atoms with van der Waals surface area (Å²) in [6.07, 6.45) is 0. The van der Waals surface area contributed by atoms with Gasteiger partial charge in [0.05, 0.1) is 0 Å². The number of carbonyl (C=O) groups is 2. The molecule has 0 radical (unpaired) electrons. The summed E-state index contributed by atoms with van der Waals surface area (Å²) in [6.45, 7) is 11.8. The van der Waals surface area contributed by atoms with Crippen LogP contribution in [0.5, 0.6) is 0 Å². The topological polar surface area (TPSA) is 70.2 Å². The molecular weight excluding hydrogens is 218 g/mol. The minimum absolute atomic E-state index is 0.0813. The van der Waals surface area contributed by atoms with Gasteiger partial charge in [-0.05, 0) is 33.6 Å². The van der Waals surface area contributed by atoms with E-state index in [4.69, 9.17) is 0 Å². The molecule has 1 atom stereocenters. The quantitative estimate of drug-likeness (QED) is 0.680. The third-order valence-electron chi connectivity index (χ3n) is 2.69. The predicted octanol–water partition coefficient (Wildman–Crippen LogP) is 1.24. The first-order chi connectivity index (χ1) is 7.70. The number of urea groups is 1. The van der Waals surface area contributed by atoms with Crippen molar-refractivity contribution in [3.05, 3.63) is 0 Å². The molecule has 0 saturated carbocycles. The summed E-state index contributed by atoms with van der Waals surface area (Å²) >= 11 is 0. The molecule has 0 aromatic carbocycles. The number of rotatable bonds is 5. The lowest BCUT2D eigenvalue weighted by atomic mass is 10.0. The molecule has 5 heteroatoms. The van der Waals surface area contributed by atoms with Gasteiger partial charge in [0.2, 0.25) is 5.91 Å². The molecule has 100 valence electrons. The van der Waals surface area contributed by atoms with Crippen molar-refractivity contribution in [2.45, 2.75) is 53.1 Å². The monoisotopic (exact) mass is 243 g/mol. The van der Waals surface area contributed by atoms with Gasteiger partial charge in [0.15, 0.2) is 0 Å². The molecular formula is C12H25N3O2. The van der Waals surface area contributed by atoms with E-state index in [0.717, 1.165) is 0 Å². The standard InChI is InChI=1S/C12H25N3O2/c1-7-13-11(17)15-12(5,6)10(16)14-9(4)8(2)3/h8-9H,7H2,1-6H3,(H,14,16)(H2,13,15,17). The molecule has 0 bridgehead atoms. The lowest BCUT2D eigenvalue weighted by Crippen LogP contribution is -2.58. The number of hydrogen-bond donors (Lipinski definition) is 3. The molecule has 5 nitrogen and oxygen atoms in total. The predicted molar refractivity (Wildman–Crippen MR) is 68.7 cm³/mol. The van der Waals surface area contributed by atoms with Gasteiger partial charge in [-0.2, -0.15) is 0 Å². The van der Waals surface area contributed by atoms with Gasteiger partial charge in [0.25, 0.3) is 0 Å². The minimum Gasteiger partial charge on any atom is -0.351 e. The van der Waals surface area contributed by atoms with Gasteiger partial charge >= 0.3 is 6.03 Å². The van der Waals surface area contributed by atoms with Crippen LogP contribution in [0.2, 0.25) is 0 Å². The second-order valence-corrected chi connectivity index (χ2v) is 5.12. The molecule has 0 aliphatic heterocycles. The van der Waals surface area contributed by atoms with Gasteiger partial charge in [-0.3, -0.25) is 4.79 Å². The van der Waals surface area contributed by atoms with Crippen LogP contribution in [0.4, 0.5) is 4.79 Å². The number of carbonyl (C=O) groups excluding carboxylic acids is 2. The Morgan fingerprint density at radius 2 is 1.71 bits per heavy atom. The average molecular weight is 243 g/mol. The van der Waals surface area contributed by atoms with E-state index in [1.165, 1.54) is 0 Å². The Morgan fingerprint density at radius 1 is 1.18 bits per heavy atom. The largest absolute Gasteiger partial charge is 0.351 e. The van der Waals surface area contributed by atoms with E-state index in [2.05, 4.69) is 16.0 Å². The normalized spacial score (nSPS) is 13.1. The summed E-state index contributed by atoms with van der Waals surface area (Å²) in [5.41, 5.74) is -0.914. The molecule has 1 unspecified atom stereocenters. The number of amides is 3. The van der Waals surface area contributed by atoms with Crippen LogP contribution in [0.3, 0.4) is 0 Å². The summed E-state index contributed by atoms with van der Waals surface area (Å²) < 4.78 is 0. The zero-order valence-corrected chi connectivity index (χ0v) is 11.7. The van der Waals surface area contributed by atoms with Gasteiger partial charge < -0.3 is 16.0 Å². The highest BCUT2D eigenvalue weighted by atomic mass is 16.2.